The number of amides is 1. The van der Waals surface area contributed by atoms with Gasteiger partial charge in [0.25, 0.3) is 5.91 Å². The van der Waals surface area contributed by atoms with Crippen LogP contribution in [0.4, 0.5) is 18.9 Å². The van der Waals surface area contributed by atoms with Crippen LogP contribution in [0.1, 0.15) is 16.1 Å². The van der Waals surface area contributed by atoms with Gasteiger partial charge in [0.15, 0.2) is 5.69 Å². The van der Waals surface area contributed by atoms with E-state index in [-0.39, 0.29) is 24.5 Å². The maximum absolute atomic E-state index is 12.6. The number of rotatable bonds is 5. The third kappa shape index (κ3) is 4.07. The summed E-state index contributed by atoms with van der Waals surface area (Å²) in [6, 6.07) is 0.799. The lowest BCUT2D eigenvalue weighted by Crippen LogP contribution is -2.31. The van der Waals surface area contributed by atoms with Crippen molar-refractivity contribution < 1.29 is 22.7 Å². The zero-order valence-corrected chi connectivity index (χ0v) is 10.0. The van der Waals surface area contributed by atoms with E-state index in [2.05, 4.69) is 10.3 Å². The minimum Gasteiger partial charge on any atom is -0.383 e. The summed E-state index contributed by atoms with van der Waals surface area (Å²) in [4.78, 5) is 14.9. The number of nitrogen functional groups attached to an aromatic ring is 1. The molecule has 0 aromatic carbocycles. The number of halogens is 3. The fourth-order valence-corrected chi connectivity index (χ4v) is 1.29. The van der Waals surface area contributed by atoms with Crippen molar-refractivity contribution in [2.24, 2.45) is 5.84 Å². The van der Waals surface area contributed by atoms with E-state index in [4.69, 9.17) is 10.6 Å². The largest absolute Gasteiger partial charge is 0.417 e. The summed E-state index contributed by atoms with van der Waals surface area (Å²) in [5.74, 6) is 4.15. The number of hydrazine groups is 1. The second-order valence-corrected chi connectivity index (χ2v) is 3.51. The van der Waals surface area contributed by atoms with E-state index in [9.17, 15) is 18.0 Å². The number of ether oxygens (including phenoxy) is 1. The minimum atomic E-state index is -4.54. The monoisotopic (exact) mass is 278 g/mol. The third-order valence-electron chi connectivity index (χ3n) is 2.18. The Bertz CT molecular complexity index is 451. The highest BCUT2D eigenvalue weighted by molar-refractivity contribution is 5.97. The summed E-state index contributed by atoms with van der Waals surface area (Å²) in [6.07, 6.45) is -3.96. The number of hydrogen-bond donors (Lipinski definition) is 3. The van der Waals surface area contributed by atoms with E-state index in [1.165, 1.54) is 7.11 Å². The van der Waals surface area contributed by atoms with Crippen LogP contribution in [0.2, 0.25) is 0 Å². The van der Waals surface area contributed by atoms with Crippen molar-refractivity contribution in [3.63, 3.8) is 0 Å². The highest BCUT2D eigenvalue weighted by Gasteiger charge is 2.32. The van der Waals surface area contributed by atoms with E-state index in [0.29, 0.717) is 6.20 Å². The highest BCUT2D eigenvalue weighted by Crippen LogP contribution is 2.31. The Morgan fingerprint density at radius 1 is 1.53 bits per heavy atom. The fourth-order valence-electron chi connectivity index (χ4n) is 1.29. The summed E-state index contributed by atoms with van der Waals surface area (Å²) in [5.41, 5.74) is 0.582. The SMILES string of the molecule is COCCNc1cc(C(F)(F)F)cnc1C(=O)NN. The predicted molar refractivity (Wildman–Crippen MR) is 61.3 cm³/mol. The molecule has 1 heterocycles. The number of anilines is 1. The number of nitrogens with two attached hydrogens (primary N) is 1. The maximum Gasteiger partial charge on any atom is 0.417 e. The number of carbonyl (C=O) groups excluding carboxylic acids is 1. The molecule has 19 heavy (non-hydrogen) atoms. The summed E-state index contributed by atoms with van der Waals surface area (Å²) >= 11 is 0. The van der Waals surface area contributed by atoms with Crippen molar-refractivity contribution in [1.29, 1.82) is 0 Å². The average molecular weight is 278 g/mol. The van der Waals surface area contributed by atoms with Crippen molar-refractivity contribution in [3.05, 3.63) is 23.5 Å². The average Bonchev–Trinajstić information content (AvgIpc) is 2.37. The second kappa shape index (κ2) is 6.34. The molecule has 9 heteroatoms. The number of aromatic nitrogens is 1. The van der Waals surface area contributed by atoms with Crippen LogP contribution in [-0.4, -0.2) is 31.2 Å². The molecule has 0 spiro atoms. The topological polar surface area (TPSA) is 89.3 Å². The van der Waals surface area contributed by atoms with Crippen molar-refractivity contribution >= 4 is 11.6 Å². The molecule has 0 saturated heterocycles. The van der Waals surface area contributed by atoms with Crippen LogP contribution < -0.4 is 16.6 Å². The van der Waals surface area contributed by atoms with Crippen molar-refractivity contribution in [2.45, 2.75) is 6.18 Å². The third-order valence-corrected chi connectivity index (χ3v) is 2.18. The van der Waals surface area contributed by atoms with Crippen LogP contribution >= 0.6 is 0 Å². The van der Waals surface area contributed by atoms with Crippen LogP contribution in [0.25, 0.3) is 0 Å². The number of nitrogens with one attached hydrogen (secondary N) is 2. The van der Waals surface area contributed by atoms with Gasteiger partial charge >= 0.3 is 6.18 Å². The van der Waals surface area contributed by atoms with Crippen LogP contribution in [0.3, 0.4) is 0 Å². The molecular formula is C10H13F3N4O2. The summed E-state index contributed by atoms with van der Waals surface area (Å²) in [6.45, 7) is 0.490. The van der Waals surface area contributed by atoms with Crippen LogP contribution in [0.15, 0.2) is 12.3 Å². The summed E-state index contributed by atoms with van der Waals surface area (Å²) in [7, 11) is 1.44. The van der Waals surface area contributed by atoms with Gasteiger partial charge in [-0.3, -0.25) is 10.2 Å². The van der Waals surface area contributed by atoms with Gasteiger partial charge in [-0.2, -0.15) is 13.2 Å². The molecule has 1 aromatic rings. The molecule has 0 unspecified atom stereocenters. The first kappa shape index (κ1) is 15.2. The Balaban J connectivity index is 3.07. The quantitative estimate of drug-likeness (QED) is 0.320. The Labute approximate surface area is 107 Å². The van der Waals surface area contributed by atoms with Crippen molar-refractivity contribution in [3.8, 4) is 0 Å². The van der Waals surface area contributed by atoms with Gasteiger partial charge in [-0.05, 0) is 6.07 Å². The molecule has 0 radical (unpaired) electrons. The number of hydrogen-bond acceptors (Lipinski definition) is 5. The van der Waals surface area contributed by atoms with E-state index in [0.717, 1.165) is 6.07 Å². The minimum absolute atomic E-state index is 0.0603. The van der Waals surface area contributed by atoms with Crippen molar-refractivity contribution in [1.82, 2.24) is 10.4 Å². The van der Waals surface area contributed by atoms with Gasteiger partial charge in [0, 0.05) is 19.9 Å². The normalized spacial score (nSPS) is 11.2. The smallest absolute Gasteiger partial charge is 0.383 e. The first-order valence-corrected chi connectivity index (χ1v) is 5.21. The molecule has 6 nitrogen and oxygen atoms in total. The Kier molecular flexibility index (Phi) is 5.07. The summed E-state index contributed by atoms with van der Waals surface area (Å²) < 4.78 is 42.4. The van der Waals surface area contributed by atoms with Crippen LogP contribution in [0, 0.1) is 0 Å². The number of alkyl halides is 3. The number of nitrogens with zero attached hydrogens (tertiary/aromatic N) is 1. The van der Waals surface area contributed by atoms with Gasteiger partial charge in [0.05, 0.1) is 17.9 Å². The lowest BCUT2D eigenvalue weighted by molar-refractivity contribution is -0.137. The van der Waals surface area contributed by atoms with Crippen LogP contribution in [-0.2, 0) is 10.9 Å². The van der Waals surface area contributed by atoms with Gasteiger partial charge in [-0.15, -0.1) is 0 Å². The molecule has 0 aliphatic carbocycles. The molecule has 0 saturated carbocycles. The highest BCUT2D eigenvalue weighted by atomic mass is 19.4. The molecule has 0 bridgehead atoms. The maximum atomic E-state index is 12.6. The van der Waals surface area contributed by atoms with Gasteiger partial charge in [0.2, 0.25) is 0 Å². The molecule has 0 aliphatic heterocycles. The number of pyridine rings is 1. The zero-order valence-electron chi connectivity index (χ0n) is 10.0. The van der Waals surface area contributed by atoms with E-state index in [1.807, 2.05) is 5.43 Å². The first-order chi connectivity index (χ1) is 8.90. The second-order valence-electron chi connectivity index (χ2n) is 3.51. The molecule has 0 aliphatic rings. The lowest BCUT2D eigenvalue weighted by Gasteiger charge is -2.13. The number of methoxy groups -OCH3 is 1. The summed E-state index contributed by atoms with van der Waals surface area (Å²) in [5, 5.41) is 2.64. The molecule has 1 amide bonds. The standard InChI is InChI=1S/C10H13F3N4O2/c1-19-3-2-15-7-4-6(10(11,12)13)5-16-8(7)9(18)17-14/h4-5,15H,2-3,14H2,1H3,(H,17,18). The van der Waals surface area contributed by atoms with Gasteiger partial charge in [-0.1, -0.05) is 0 Å². The molecule has 106 valence electrons. The van der Waals surface area contributed by atoms with E-state index in [1.54, 1.807) is 0 Å². The van der Waals surface area contributed by atoms with E-state index < -0.39 is 17.6 Å². The number of carbonyl (C=O) groups is 1. The Morgan fingerprint density at radius 3 is 2.74 bits per heavy atom. The van der Waals surface area contributed by atoms with Crippen LogP contribution in [0.5, 0.6) is 0 Å². The van der Waals surface area contributed by atoms with Gasteiger partial charge in [-0.25, -0.2) is 10.8 Å². The van der Waals surface area contributed by atoms with Crippen molar-refractivity contribution in [2.75, 3.05) is 25.6 Å². The molecule has 4 N–H and O–H groups in total. The molecule has 1 rings (SSSR count). The molecule has 0 atom stereocenters. The Hall–Kier alpha value is -1.87. The molecule has 0 fully saturated rings. The van der Waals surface area contributed by atoms with Gasteiger partial charge in [0.1, 0.15) is 0 Å². The molecular weight excluding hydrogens is 265 g/mol. The van der Waals surface area contributed by atoms with E-state index >= 15 is 0 Å². The Morgan fingerprint density at radius 2 is 2.21 bits per heavy atom. The lowest BCUT2D eigenvalue weighted by atomic mass is 10.2. The molecule has 1 aromatic heterocycles. The fraction of sp³-hybridized carbons (Fsp3) is 0.400. The van der Waals surface area contributed by atoms with Gasteiger partial charge < -0.3 is 10.1 Å². The first-order valence-electron chi connectivity index (χ1n) is 5.21. The predicted octanol–water partition coefficient (Wildman–Crippen LogP) is 0.762. The zero-order chi connectivity index (χ0) is 14.5.